The van der Waals surface area contributed by atoms with Crippen LogP contribution in [0.25, 0.3) is 22.3 Å². The second kappa shape index (κ2) is 9.97. The summed E-state index contributed by atoms with van der Waals surface area (Å²) in [4.78, 5) is 13.7. The molecule has 4 aromatic rings. The van der Waals surface area contributed by atoms with Gasteiger partial charge in [0.1, 0.15) is 23.8 Å². The van der Waals surface area contributed by atoms with Crippen molar-refractivity contribution in [2.75, 3.05) is 43.4 Å². The van der Waals surface area contributed by atoms with Crippen LogP contribution >= 0.6 is 0 Å². The highest BCUT2D eigenvalue weighted by atomic mass is 19.1. The SMILES string of the molecule is Cc1cc(-c2cc(C3CCN(c4ncnc(N)c4-c4cn[nH]c4)CC3)n(CCN3CCC3)c2)ccc1F. The number of nitrogens with two attached hydrogens (primary N) is 1. The molecular formula is C28H33FN8. The number of hydrogen-bond acceptors (Lipinski definition) is 6. The van der Waals surface area contributed by atoms with Gasteiger partial charge >= 0.3 is 0 Å². The Labute approximate surface area is 216 Å². The first-order valence-electron chi connectivity index (χ1n) is 13.1. The van der Waals surface area contributed by atoms with Crippen LogP contribution in [0.15, 0.2) is 49.2 Å². The largest absolute Gasteiger partial charge is 0.383 e. The van der Waals surface area contributed by atoms with Crippen molar-refractivity contribution in [1.82, 2.24) is 29.6 Å². The van der Waals surface area contributed by atoms with Gasteiger partial charge in [-0.25, -0.2) is 14.4 Å². The highest BCUT2D eigenvalue weighted by Crippen LogP contribution is 2.38. The number of aromatic nitrogens is 5. The molecule has 0 unspecified atom stereocenters. The maximum atomic E-state index is 13.9. The molecule has 3 aromatic heterocycles. The Balaban J connectivity index is 1.24. The number of piperidine rings is 1. The third-order valence-electron chi connectivity index (χ3n) is 7.88. The van der Waals surface area contributed by atoms with E-state index in [2.05, 4.69) is 46.8 Å². The summed E-state index contributed by atoms with van der Waals surface area (Å²) in [6.45, 7) is 8.02. The van der Waals surface area contributed by atoms with Crippen molar-refractivity contribution < 1.29 is 4.39 Å². The Hall–Kier alpha value is -3.72. The van der Waals surface area contributed by atoms with Gasteiger partial charge in [0, 0.05) is 55.7 Å². The van der Waals surface area contributed by atoms with E-state index in [9.17, 15) is 4.39 Å². The molecule has 2 aliphatic rings. The van der Waals surface area contributed by atoms with E-state index in [1.54, 1.807) is 12.3 Å². The number of H-pyrrole nitrogens is 1. The van der Waals surface area contributed by atoms with Gasteiger partial charge in [0.25, 0.3) is 0 Å². The van der Waals surface area contributed by atoms with Crippen LogP contribution in [-0.2, 0) is 6.54 Å². The van der Waals surface area contributed by atoms with Crippen molar-refractivity contribution >= 4 is 11.6 Å². The Bertz CT molecular complexity index is 1370. The number of rotatable bonds is 7. The molecule has 0 radical (unpaired) electrons. The second-order valence-corrected chi connectivity index (χ2v) is 10.2. The Morgan fingerprint density at radius 1 is 1.03 bits per heavy atom. The third kappa shape index (κ3) is 4.71. The van der Waals surface area contributed by atoms with Gasteiger partial charge in [-0.15, -0.1) is 0 Å². The second-order valence-electron chi connectivity index (χ2n) is 10.2. The summed E-state index contributed by atoms with van der Waals surface area (Å²) in [6.07, 6.45) is 10.7. The van der Waals surface area contributed by atoms with Crippen LogP contribution in [0.1, 0.15) is 36.4 Å². The van der Waals surface area contributed by atoms with Crippen LogP contribution in [0, 0.1) is 12.7 Å². The molecule has 0 atom stereocenters. The Kier molecular flexibility index (Phi) is 6.38. The van der Waals surface area contributed by atoms with Crippen molar-refractivity contribution in [3.63, 3.8) is 0 Å². The molecule has 0 bridgehead atoms. The van der Waals surface area contributed by atoms with Gasteiger partial charge in [0.05, 0.1) is 11.8 Å². The topological polar surface area (TPSA) is 91.9 Å². The molecule has 192 valence electrons. The predicted octanol–water partition coefficient (Wildman–Crippen LogP) is 4.45. The summed E-state index contributed by atoms with van der Waals surface area (Å²) in [5.74, 6) is 1.61. The zero-order valence-corrected chi connectivity index (χ0v) is 21.2. The quantitative estimate of drug-likeness (QED) is 0.389. The van der Waals surface area contributed by atoms with E-state index in [0.29, 0.717) is 17.3 Å². The van der Waals surface area contributed by atoms with E-state index in [-0.39, 0.29) is 5.82 Å². The lowest BCUT2D eigenvalue weighted by atomic mass is 9.92. The normalized spacial score (nSPS) is 16.8. The molecule has 3 N–H and O–H groups in total. The Morgan fingerprint density at radius 3 is 2.57 bits per heavy atom. The summed E-state index contributed by atoms with van der Waals surface area (Å²) in [5, 5.41) is 6.95. The van der Waals surface area contributed by atoms with Gasteiger partial charge < -0.3 is 20.1 Å². The molecule has 6 rings (SSSR count). The van der Waals surface area contributed by atoms with Crippen LogP contribution in [0.3, 0.4) is 0 Å². The summed E-state index contributed by atoms with van der Waals surface area (Å²) in [7, 11) is 0. The Morgan fingerprint density at radius 2 is 1.86 bits per heavy atom. The van der Waals surface area contributed by atoms with E-state index in [1.165, 1.54) is 31.5 Å². The molecule has 2 aliphatic heterocycles. The molecule has 2 saturated heterocycles. The number of anilines is 2. The molecule has 2 fully saturated rings. The van der Waals surface area contributed by atoms with Gasteiger partial charge in [-0.3, -0.25) is 5.10 Å². The molecule has 8 nitrogen and oxygen atoms in total. The average Bonchev–Trinajstić information content (AvgIpc) is 3.55. The van der Waals surface area contributed by atoms with Crippen molar-refractivity contribution in [3.05, 3.63) is 66.3 Å². The molecule has 0 spiro atoms. The number of likely N-dealkylation sites (tertiary alicyclic amines) is 1. The summed E-state index contributed by atoms with van der Waals surface area (Å²) in [6, 6.07) is 7.74. The first kappa shape index (κ1) is 23.7. The standard InChI is InChI=1S/C28H33FN8/c1-19-13-21(3-4-24(19)29)22-14-25(37(17-22)12-11-35-7-2-8-35)20-5-9-36(10-6-20)28-26(23-15-33-34-16-23)27(30)31-18-32-28/h3-4,13-18,20H,2,5-12H2,1H3,(H,33,34)(H2,30,31,32). The van der Waals surface area contributed by atoms with Crippen molar-refractivity contribution in [1.29, 1.82) is 0 Å². The van der Waals surface area contributed by atoms with Crippen molar-refractivity contribution in [3.8, 4) is 22.3 Å². The number of nitrogens with zero attached hydrogens (tertiary/aromatic N) is 6. The maximum absolute atomic E-state index is 13.9. The number of aryl methyl sites for hydroxylation is 1. The molecule has 0 saturated carbocycles. The smallest absolute Gasteiger partial charge is 0.142 e. The number of hydrogen-bond donors (Lipinski definition) is 2. The van der Waals surface area contributed by atoms with E-state index < -0.39 is 0 Å². The van der Waals surface area contributed by atoms with Crippen LogP contribution in [-0.4, -0.2) is 62.4 Å². The minimum absolute atomic E-state index is 0.159. The maximum Gasteiger partial charge on any atom is 0.142 e. The predicted molar refractivity (Wildman–Crippen MR) is 144 cm³/mol. The zero-order valence-electron chi connectivity index (χ0n) is 21.2. The first-order valence-corrected chi connectivity index (χ1v) is 13.1. The minimum Gasteiger partial charge on any atom is -0.383 e. The van der Waals surface area contributed by atoms with Crippen molar-refractivity contribution in [2.45, 2.75) is 38.6 Å². The lowest BCUT2D eigenvalue weighted by Gasteiger charge is -2.35. The summed E-state index contributed by atoms with van der Waals surface area (Å²) in [5.41, 5.74) is 12.3. The van der Waals surface area contributed by atoms with Gasteiger partial charge in [0.2, 0.25) is 0 Å². The van der Waals surface area contributed by atoms with Crippen LogP contribution in [0.5, 0.6) is 0 Å². The molecule has 1 aromatic carbocycles. The number of benzene rings is 1. The van der Waals surface area contributed by atoms with Gasteiger partial charge in [-0.1, -0.05) is 6.07 Å². The van der Waals surface area contributed by atoms with E-state index in [0.717, 1.165) is 67.1 Å². The van der Waals surface area contributed by atoms with Gasteiger partial charge in [0.15, 0.2) is 0 Å². The van der Waals surface area contributed by atoms with Gasteiger partial charge in [-0.2, -0.15) is 5.10 Å². The number of halogens is 1. The summed E-state index contributed by atoms with van der Waals surface area (Å²) < 4.78 is 16.4. The number of nitrogens with one attached hydrogen (secondary N) is 1. The fraction of sp³-hybridized carbons (Fsp3) is 0.393. The fourth-order valence-corrected chi connectivity index (χ4v) is 5.59. The third-order valence-corrected chi connectivity index (χ3v) is 7.88. The average molecular weight is 501 g/mol. The summed E-state index contributed by atoms with van der Waals surface area (Å²) >= 11 is 0. The van der Waals surface area contributed by atoms with E-state index in [1.807, 2.05) is 25.3 Å². The zero-order chi connectivity index (χ0) is 25.4. The number of aromatic amines is 1. The molecule has 9 heteroatoms. The van der Waals surface area contributed by atoms with Crippen LogP contribution in [0.4, 0.5) is 16.0 Å². The minimum atomic E-state index is -0.159. The molecular weight excluding hydrogens is 467 g/mol. The highest BCUT2D eigenvalue weighted by Gasteiger charge is 2.27. The van der Waals surface area contributed by atoms with Gasteiger partial charge in [-0.05, 0) is 74.2 Å². The lowest BCUT2D eigenvalue weighted by Crippen LogP contribution is -2.39. The molecule has 0 aliphatic carbocycles. The van der Waals surface area contributed by atoms with Crippen molar-refractivity contribution in [2.24, 2.45) is 0 Å². The molecule has 37 heavy (non-hydrogen) atoms. The van der Waals surface area contributed by atoms with E-state index >= 15 is 0 Å². The number of nitrogen functional groups attached to an aromatic ring is 1. The molecule has 0 amide bonds. The van der Waals surface area contributed by atoms with Crippen LogP contribution < -0.4 is 10.6 Å². The molecule has 5 heterocycles. The fourth-order valence-electron chi connectivity index (χ4n) is 5.59. The first-order chi connectivity index (χ1) is 18.1. The van der Waals surface area contributed by atoms with Crippen LogP contribution in [0.2, 0.25) is 0 Å². The monoisotopic (exact) mass is 500 g/mol. The lowest BCUT2D eigenvalue weighted by molar-refractivity contribution is 0.174. The van der Waals surface area contributed by atoms with E-state index in [4.69, 9.17) is 5.73 Å². The highest BCUT2D eigenvalue weighted by molar-refractivity contribution is 5.83.